The third-order valence-corrected chi connectivity index (χ3v) is 5.01. The highest BCUT2D eigenvalue weighted by molar-refractivity contribution is 7.99. The van der Waals surface area contributed by atoms with Gasteiger partial charge in [0, 0.05) is 11.3 Å². The Morgan fingerprint density at radius 2 is 2.14 bits per heavy atom. The zero-order valence-corrected chi connectivity index (χ0v) is 12.1. The van der Waals surface area contributed by atoms with Gasteiger partial charge < -0.3 is 20.1 Å². The van der Waals surface area contributed by atoms with Crippen LogP contribution in [0.15, 0.2) is 24.3 Å². The van der Waals surface area contributed by atoms with Crippen molar-refractivity contribution in [2.75, 3.05) is 5.75 Å². The lowest BCUT2D eigenvalue weighted by Crippen LogP contribution is -2.52. The Morgan fingerprint density at radius 1 is 1.43 bits per heavy atom. The molecule has 7 heteroatoms. The van der Waals surface area contributed by atoms with E-state index in [2.05, 4.69) is 5.32 Å². The molecule has 1 saturated heterocycles. The minimum atomic E-state index is -1.35. The topological polar surface area (TPSA) is 89.5 Å². The lowest BCUT2D eigenvalue weighted by Gasteiger charge is -2.24. The zero-order valence-electron chi connectivity index (χ0n) is 11.2. The first-order valence-corrected chi connectivity index (χ1v) is 7.60. The van der Waals surface area contributed by atoms with Crippen molar-refractivity contribution in [3.8, 4) is 0 Å². The molecule has 0 unspecified atom stereocenters. The van der Waals surface area contributed by atoms with Gasteiger partial charge in [-0.25, -0.2) is 0 Å². The van der Waals surface area contributed by atoms with Gasteiger partial charge in [0.25, 0.3) is 5.91 Å². The molecule has 2 aliphatic rings. The van der Waals surface area contributed by atoms with Crippen LogP contribution in [-0.4, -0.2) is 40.5 Å². The van der Waals surface area contributed by atoms with Gasteiger partial charge in [-0.2, -0.15) is 0 Å². The number of rotatable bonds is 3. The van der Waals surface area contributed by atoms with Gasteiger partial charge in [0.15, 0.2) is 0 Å². The van der Waals surface area contributed by atoms with Crippen LogP contribution in [0.5, 0.6) is 0 Å². The van der Waals surface area contributed by atoms with E-state index in [0.29, 0.717) is 11.3 Å². The number of fused-ring (bicyclic) bond motifs is 3. The molecule has 2 heterocycles. The van der Waals surface area contributed by atoms with E-state index < -0.39 is 24.0 Å². The van der Waals surface area contributed by atoms with E-state index in [1.807, 2.05) is 12.1 Å². The van der Waals surface area contributed by atoms with Crippen LogP contribution in [0.3, 0.4) is 0 Å². The van der Waals surface area contributed by atoms with Crippen molar-refractivity contribution >= 4 is 29.5 Å². The molecule has 0 aromatic heterocycles. The summed E-state index contributed by atoms with van der Waals surface area (Å²) in [5.41, 5.74) is 1.52. The molecule has 110 valence electrons. The molecule has 1 aromatic rings. The predicted molar refractivity (Wildman–Crippen MR) is 74.2 cm³/mol. The summed E-state index contributed by atoms with van der Waals surface area (Å²) in [5, 5.41) is 12.9. The fourth-order valence-corrected chi connectivity index (χ4v) is 4.08. The number of aliphatic carboxylic acids is 1. The summed E-state index contributed by atoms with van der Waals surface area (Å²) in [6, 6.07) is 5.55. The van der Waals surface area contributed by atoms with Crippen LogP contribution in [0.4, 0.5) is 0 Å². The van der Waals surface area contributed by atoms with Crippen molar-refractivity contribution in [3.05, 3.63) is 35.4 Å². The third-order valence-electron chi connectivity index (χ3n) is 3.71. The molecule has 21 heavy (non-hydrogen) atoms. The third kappa shape index (κ3) is 2.17. The number of thioether (sulfide) groups is 1. The summed E-state index contributed by atoms with van der Waals surface area (Å²) in [6.07, 6.45) is 0. The maximum Gasteiger partial charge on any atom is 0.256 e. The summed E-state index contributed by atoms with van der Waals surface area (Å²) in [5.74, 6) is -1.53. The van der Waals surface area contributed by atoms with E-state index in [1.54, 1.807) is 12.1 Å². The first kappa shape index (κ1) is 13.9. The normalized spacial score (nSPS) is 24.4. The van der Waals surface area contributed by atoms with Crippen LogP contribution in [0.1, 0.15) is 28.2 Å². The quantitative estimate of drug-likeness (QED) is 0.814. The average Bonchev–Trinajstić information content (AvgIpc) is 3.00. The van der Waals surface area contributed by atoms with E-state index in [-0.39, 0.29) is 11.3 Å². The van der Waals surface area contributed by atoms with E-state index in [0.717, 1.165) is 5.56 Å². The molecule has 0 saturated carbocycles. The Morgan fingerprint density at radius 3 is 2.86 bits per heavy atom. The van der Waals surface area contributed by atoms with Crippen molar-refractivity contribution in [3.63, 3.8) is 0 Å². The molecule has 0 aliphatic carbocycles. The van der Waals surface area contributed by atoms with Gasteiger partial charge in [-0.05, 0) is 18.6 Å². The van der Waals surface area contributed by atoms with Crippen molar-refractivity contribution in [1.82, 2.24) is 10.2 Å². The molecule has 1 aromatic carbocycles. The standard InChI is InChI=1S/C14H14N2O4S/c1-7(14(19)20)15-11(17)10-6-21-13-9-5-3-2-4-8(9)12(18)16(10)13/h2-5,7,10,13H,6H2,1H3,(H,15,17)(H,19,20)/p-1/t7-,10-,13+/m0/s1. The summed E-state index contributed by atoms with van der Waals surface area (Å²) in [6.45, 7) is 1.34. The molecule has 2 aliphatic heterocycles. The molecule has 0 radical (unpaired) electrons. The number of amides is 2. The van der Waals surface area contributed by atoms with Crippen LogP contribution in [0, 0.1) is 0 Å². The smallest absolute Gasteiger partial charge is 0.256 e. The summed E-state index contributed by atoms with van der Waals surface area (Å²) in [4.78, 5) is 36.8. The molecule has 3 rings (SSSR count). The molecule has 1 fully saturated rings. The molecule has 3 atom stereocenters. The maximum absolute atomic E-state index is 12.4. The summed E-state index contributed by atoms with van der Waals surface area (Å²) in [7, 11) is 0. The van der Waals surface area contributed by atoms with Crippen molar-refractivity contribution in [2.24, 2.45) is 0 Å². The van der Waals surface area contributed by atoms with Crippen molar-refractivity contribution in [2.45, 2.75) is 24.4 Å². The van der Waals surface area contributed by atoms with Crippen LogP contribution in [-0.2, 0) is 9.59 Å². The second kappa shape index (κ2) is 5.07. The number of hydrogen-bond acceptors (Lipinski definition) is 5. The number of benzene rings is 1. The highest BCUT2D eigenvalue weighted by Gasteiger charge is 2.48. The molecular formula is C14H13N2O4S-. The first-order chi connectivity index (χ1) is 10.0. The number of nitrogens with one attached hydrogen (secondary N) is 1. The SMILES string of the molecule is C[C@H](NC(=O)[C@@H]1CS[C@@H]2c3ccccc3C(=O)N21)C(=O)[O-]. The van der Waals surface area contributed by atoms with E-state index in [4.69, 9.17) is 0 Å². The van der Waals surface area contributed by atoms with Crippen molar-refractivity contribution < 1.29 is 19.5 Å². The van der Waals surface area contributed by atoms with Crippen LogP contribution in [0.2, 0.25) is 0 Å². The minimum Gasteiger partial charge on any atom is -0.548 e. The molecule has 2 amide bonds. The van der Waals surface area contributed by atoms with Crippen LogP contribution >= 0.6 is 11.8 Å². The number of carboxylic acids is 1. The first-order valence-electron chi connectivity index (χ1n) is 6.55. The highest BCUT2D eigenvalue weighted by atomic mass is 32.2. The Hall–Kier alpha value is -2.02. The Balaban J connectivity index is 1.82. The number of carbonyl (C=O) groups is 3. The van der Waals surface area contributed by atoms with Gasteiger partial charge in [0.05, 0.1) is 12.0 Å². The highest BCUT2D eigenvalue weighted by Crippen LogP contribution is 2.47. The van der Waals surface area contributed by atoms with Gasteiger partial charge in [0.2, 0.25) is 5.91 Å². The van der Waals surface area contributed by atoms with Gasteiger partial charge in [-0.1, -0.05) is 18.2 Å². The number of carbonyl (C=O) groups excluding carboxylic acids is 3. The number of nitrogens with zero attached hydrogens (tertiary/aromatic N) is 1. The van der Waals surface area contributed by atoms with Crippen LogP contribution in [0.25, 0.3) is 0 Å². The maximum atomic E-state index is 12.4. The molecule has 0 spiro atoms. The van der Waals surface area contributed by atoms with Crippen molar-refractivity contribution in [1.29, 1.82) is 0 Å². The van der Waals surface area contributed by atoms with E-state index in [1.165, 1.54) is 23.6 Å². The Bertz CT molecular complexity index is 633. The number of carboxylic acid groups (broad SMARTS) is 1. The van der Waals surface area contributed by atoms with Gasteiger partial charge >= 0.3 is 0 Å². The average molecular weight is 305 g/mol. The molecular weight excluding hydrogens is 292 g/mol. The Kier molecular flexibility index (Phi) is 3.36. The van der Waals surface area contributed by atoms with E-state index >= 15 is 0 Å². The second-order valence-corrected chi connectivity index (χ2v) is 6.16. The second-order valence-electron chi connectivity index (χ2n) is 5.05. The van der Waals surface area contributed by atoms with Gasteiger partial charge in [-0.15, -0.1) is 11.8 Å². The summed E-state index contributed by atoms with van der Waals surface area (Å²) >= 11 is 1.51. The fourth-order valence-electron chi connectivity index (χ4n) is 2.61. The zero-order chi connectivity index (χ0) is 15.1. The predicted octanol–water partition coefficient (Wildman–Crippen LogP) is -0.489. The minimum absolute atomic E-state index is 0.164. The Labute approximate surface area is 125 Å². The molecule has 1 N–H and O–H groups in total. The van der Waals surface area contributed by atoms with Crippen LogP contribution < -0.4 is 10.4 Å². The molecule has 0 bridgehead atoms. The number of hydrogen-bond donors (Lipinski definition) is 1. The summed E-state index contributed by atoms with van der Waals surface area (Å²) < 4.78 is 0. The fraction of sp³-hybridized carbons (Fsp3) is 0.357. The van der Waals surface area contributed by atoms with Gasteiger partial charge in [-0.3, -0.25) is 9.59 Å². The molecule has 6 nitrogen and oxygen atoms in total. The van der Waals surface area contributed by atoms with Gasteiger partial charge in [0.1, 0.15) is 11.4 Å². The van der Waals surface area contributed by atoms with E-state index in [9.17, 15) is 19.5 Å². The lowest BCUT2D eigenvalue weighted by molar-refractivity contribution is -0.307. The largest absolute Gasteiger partial charge is 0.548 e. The lowest BCUT2D eigenvalue weighted by atomic mass is 10.1. The monoisotopic (exact) mass is 305 g/mol.